The van der Waals surface area contributed by atoms with E-state index in [0.29, 0.717) is 0 Å². The van der Waals surface area contributed by atoms with E-state index in [0.717, 1.165) is 21.8 Å². The van der Waals surface area contributed by atoms with Gasteiger partial charge in [-0.15, -0.1) is 0 Å². The Morgan fingerprint density at radius 2 is 1.17 bits per heavy atom. The third kappa shape index (κ3) is 1.95. The maximum Gasteiger partial charge on any atom is 0.534 e. The summed E-state index contributed by atoms with van der Waals surface area (Å²) in [4.78, 5) is 0. The second-order valence-electron chi connectivity index (χ2n) is 4.17. The van der Waals surface area contributed by atoms with Gasteiger partial charge in [-0.2, -0.15) is 0 Å². The number of hydrogen-bond donors (Lipinski definition) is 0. The van der Waals surface area contributed by atoms with Crippen LogP contribution in [0.25, 0.3) is 21.8 Å². The summed E-state index contributed by atoms with van der Waals surface area (Å²) < 4.78 is -0.408. The van der Waals surface area contributed by atoms with E-state index in [1.807, 2.05) is 48.5 Å². The molecule has 0 N–H and O–H groups in total. The molecule has 0 saturated heterocycles. The van der Waals surface area contributed by atoms with Crippen molar-refractivity contribution in [1.29, 1.82) is 0 Å². The van der Waals surface area contributed by atoms with Crippen LogP contribution in [0.5, 0.6) is 0 Å². The first-order chi connectivity index (χ1) is 8.57. The van der Waals surface area contributed by atoms with Crippen LogP contribution < -0.4 is 4.48 Å². The highest BCUT2D eigenvalue weighted by Crippen LogP contribution is 2.24. The molecule has 0 bridgehead atoms. The van der Waals surface area contributed by atoms with Crippen LogP contribution in [0.2, 0.25) is 0 Å². The Kier molecular flexibility index (Phi) is 2.89. The summed E-state index contributed by atoms with van der Waals surface area (Å²) in [7, 11) is 0. The maximum absolute atomic E-state index is 6.17. The number of aromatic nitrogens is 1. The van der Waals surface area contributed by atoms with Crippen molar-refractivity contribution in [3.05, 3.63) is 54.6 Å². The zero-order chi connectivity index (χ0) is 12.8. The lowest BCUT2D eigenvalue weighted by molar-refractivity contribution is -0.471. The fourth-order valence-electron chi connectivity index (χ4n) is 2.27. The maximum atomic E-state index is 6.17. The van der Waals surface area contributed by atoms with Gasteiger partial charge in [0.1, 0.15) is 0 Å². The number of nitrogens with zero attached hydrogens (tertiary/aromatic N) is 1. The summed E-state index contributed by atoms with van der Waals surface area (Å²) in [6, 6.07) is 17.9. The lowest BCUT2D eigenvalue weighted by Gasteiger charge is -2.18. The first-order valence-corrected chi connectivity index (χ1v) is 6.90. The van der Waals surface area contributed by atoms with Gasteiger partial charge in [0.15, 0.2) is 11.0 Å². The number of fused-ring (bicyclic) bond motifs is 2. The Balaban J connectivity index is 2.58. The molecule has 0 radical (unpaired) electrons. The van der Waals surface area contributed by atoms with Crippen LogP contribution in [0.3, 0.4) is 0 Å². The summed E-state index contributed by atoms with van der Waals surface area (Å²) in [6.07, 6.45) is 0. The van der Waals surface area contributed by atoms with Crippen molar-refractivity contribution in [3.8, 4) is 0 Å². The SMILES string of the molecule is Cl[B-](Cl)(Cl)[n+]1c2ccccc2cc2ccccc21. The third-order valence-corrected chi connectivity index (χ3v) is 3.58. The Hall–Kier alpha value is -0.955. The minimum absolute atomic E-state index is 0.927. The normalized spacial score (nSPS) is 12.2. The van der Waals surface area contributed by atoms with E-state index in [1.165, 1.54) is 0 Å². The summed E-state index contributed by atoms with van der Waals surface area (Å²) in [5.74, 6) is 0. The zero-order valence-electron chi connectivity index (χ0n) is 9.35. The van der Waals surface area contributed by atoms with Crippen molar-refractivity contribution in [1.82, 2.24) is 0 Å². The molecule has 0 aliphatic heterocycles. The molecule has 2 aromatic carbocycles. The number of pyridine rings is 1. The van der Waals surface area contributed by atoms with E-state index in [-0.39, 0.29) is 0 Å². The molecule has 90 valence electrons. The minimum Gasteiger partial charge on any atom is -0.371 e. The molecule has 0 aliphatic carbocycles. The van der Waals surface area contributed by atoms with Crippen molar-refractivity contribution >= 4 is 60.7 Å². The summed E-state index contributed by atoms with van der Waals surface area (Å²) in [5.41, 5.74) is 1.85. The van der Waals surface area contributed by atoms with Gasteiger partial charge in [-0.1, -0.05) is 24.3 Å². The molecule has 3 rings (SSSR count). The highest BCUT2D eigenvalue weighted by Gasteiger charge is 2.31. The summed E-state index contributed by atoms with van der Waals surface area (Å²) >= 11 is 18.5. The van der Waals surface area contributed by atoms with Crippen molar-refractivity contribution in [3.63, 3.8) is 0 Å². The number of rotatable bonds is 1. The van der Waals surface area contributed by atoms with Crippen LogP contribution in [-0.4, -0.2) is 4.53 Å². The molecule has 0 spiro atoms. The van der Waals surface area contributed by atoms with Crippen LogP contribution >= 0.6 is 34.4 Å². The van der Waals surface area contributed by atoms with Gasteiger partial charge in [-0.3, -0.25) is 34.4 Å². The molecule has 0 saturated carbocycles. The van der Waals surface area contributed by atoms with Gasteiger partial charge >= 0.3 is 4.53 Å². The predicted molar refractivity (Wildman–Crippen MR) is 80.4 cm³/mol. The topological polar surface area (TPSA) is 3.88 Å². The molecule has 5 heteroatoms. The fourth-order valence-corrected chi connectivity index (χ4v) is 2.90. The van der Waals surface area contributed by atoms with Crippen molar-refractivity contribution in [2.75, 3.05) is 0 Å². The van der Waals surface area contributed by atoms with E-state index in [9.17, 15) is 0 Å². The van der Waals surface area contributed by atoms with Crippen molar-refractivity contribution < 1.29 is 4.48 Å². The second-order valence-corrected chi connectivity index (χ2v) is 6.74. The first-order valence-electron chi connectivity index (χ1n) is 5.59. The van der Waals surface area contributed by atoms with Gasteiger partial charge in [0.2, 0.25) is 0 Å². The average Bonchev–Trinajstić information content (AvgIpc) is 2.34. The monoisotopic (exact) mass is 295 g/mol. The highest BCUT2D eigenvalue weighted by molar-refractivity contribution is 7.61. The standard InChI is InChI=1S/C13H9BCl3N/c15-14(16,17)18-12-7-3-1-5-10(12)9-11-6-2-4-8-13(11)18/h1-9H. The Morgan fingerprint density at radius 1 is 0.722 bits per heavy atom. The molecule has 0 amide bonds. The minimum atomic E-state index is -2.20. The molecule has 0 aliphatic rings. The third-order valence-electron chi connectivity index (χ3n) is 3.00. The van der Waals surface area contributed by atoms with E-state index in [1.54, 1.807) is 4.48 Å². The molecule has 1 aromatic heterocycles. The summed E-state index contributed by atoms with van der Waals surface area (Å²) in [6.45, 7) is 0. The van der Waals surface area contributed by atoms with Gasteiger partial charge in [-0.25, -0.2) is 0 Å². The van der Waals surface area contributed by atoms with Gasteiger partial charge in [0.05, 0.1) is 0 Å². The second kappa shape index (κ2) is 4.31. The molecule has 18 heavy (non-hydrogen) atoms. The van der Waals surface area contributed by atoms with E-state index in [2.05, 4.69) is 6.07 Å². The van der Waals surface area contributed by atoms with Crippen LogP contribution in [0.15, 0.2) is 54.6 Å². The van der Waals surface area contributed by atoms with Gasteiger partial charge < -0.3 is 4.48 Å². The zero-order valence-corrected chi connectivity index (χ0v) is 11.6. The molecule has 1 nitrogen and oxygen atoms in total. The largest absolute Gasteiger partial charge is 0.534 e. The molecular weight excluding hydrogens is 287 g/mol. The number of benzene rings is 2. The number of hydrogen-bond acceptors (Lipinski definition) is 0. The predicted octanol–water partition coefficient (Wildman–Crippen LogP) is 4.28. The highest BCUT2D eigenvalue weighted by atomic mass is 35.6. The van der Waals surface area contributed by atoms with Crippen LogP contribution in [0, 0.1) is 0 Å². The number of para-hydroxylation sites is 2. The average molecular weight is 296 g/mol. The van der Waals surface area contributed by atoms with Gasteiger partial charge in [-0.05, 0) is 18.2 Å². The molecule has 0 fully saturated rings. The van der Waals surface area contributed by atoms with Gasteiger partial charge in [0.25, 0.3) is 0 Å². The van der Waals surface area contributed by atoms with Crippen LogP contribution in [0.1, 0.15) is 0 Å². The van der Waals surface area contributed by atoms with Gasteiger partial charge in [0, 0.05) is 22.9 Å². The molecule has 1 heterocycles. The first kappa shape index (κ1) is 12.1. The van der Waals surface area contributed by atoms with E-state index in [4.69, 9.17) is 34.4 Å². The lowest BCUT2D eigenvalue weighted by Crippen LogP contribution is -2.53. The quantitative estimate of drug-likeness (QED) is 0.466. The van der Waals surface area contributed by atoms with E-state index >= 15 is 0 Å². The molecule has 0 unspecified atom stereocenters. The Morgan fingerprint density at radius 3 is 1.61 bits per heavy atom. The Bertz CT molecular complexity index is 683. The van der Waals surface area contributed by atoms with Crippen LogP contribution in [-0.2, 0) is 0 Å². The van der Waals surface area contributed by atoms with Crippen molar-refractivity contribution in [2.45, 2.75) is 0 Å². The van der Waals surface area contributed by atoms with Crippen LogP contribution in [0.4, 0.5) is 0 Å². The number of halogens is 3. The smallest absolute Gasteiger partial charge is 0.371 e. The fraction of sp³-hybridized carbons (Fsp3) is 0. The Labute approximate surface area is 120 Å². The molecule has 3 aromatic rings. The molecular formula is C13H9BCl3N. The van der Waals surface area contributed by atoms with Crippen molar-refractivity contribution in [2.24, 2.45) is 0 Å². The van der Waals surface area contributed by atoms with E-state index < -0.39 is 4.53 Å². The lowest BCUT2D eigenvalue weighted by atomic mass is 10.1. The summed E-state index contributed by atoms with van der Waals surface area (Å²) in [5, 5.41) is 2.12. The molecule has 0 atom stereocenters.